The quantitative estimate of drug-likeness (QED) is 0.683. The van der Waals surface area contributed by atoms with Crippen molar-refractivity contribution in [2.24, 2.45) is 0 Å². The highest BCUT2D eigenvalue weighted by Gasteiger charge is 2.12. The van der Waals surface area contributed by atoms with Crippen molar-refractivity contribution in [1.29, 1.82) is 0 Å². The lowest BCUT2D eigenvalue weighted by molar-refractivity contribution is -0.385. The first-order valence-electron chi connectivity index (χ1n) is 6.14. The fourth-order valence-electron chi connectivity index (χ4n) is 1.84. The first-order valence-corrected chi connectivity index (χ1v) is 6.14. The van der Waals surface area contributed by atoms with Crippen molar-refractivity contribution in [3.05, 3.63) is 63.2 Å². The Morgan fingerprint density at radius 1 is 1.15 bits per heavy atom. The molecule has 0 aliphatic carbocycles. The second kappa shape index (κ2) is 5.71. The molecule has 0 fully saturated rings. The average Bonchev–Trinajstić information content (AvgIpc) is 2.43. The lowest BCUT2D eigenvalue weighted by Crippen LogP contribution is -1.96. The van der Waals surface area contributed by atoms with Crippen molar-refractivity contribution in [2.45, 2.75) is 20.5 Å². The Morgan fingerprint density at radius 2 is 1.90 bits per heavy atom. The molecule has 2 aromatic carbocycles. The highest BCUT2D eigenvalue weighted by atomic mass is 16.6. The standard InChI is InChI=1S/C15H15NO4/c1-10-3-4-11(2)15(7-10)20-14-6-5-13(16(18)19)8-12(14)9-17/h3-8,17H,9H2,1-2H3. The highest BCUT2D eigenvalue weighted by Crippen LogP contribution is 2.31. The van der Waals surface area contributed by atoms with E-state index < -0.39 is 4.92 Å². The first-order chi connectivity index (χ1) is 9.51. The second-order valence-corrected chi connectivity index (χ2v) is 4.58. The van der Waals surface area contributed by atoms with Gasteiger partial charge in [-0.05, 0) is 37.1 Å². The molecule has 2 aromatic rings. The molecule has 0 saturated carbocycles. The molecule has 1 N–H and O–H groups in total. The van der Waals surface area contributed by atoms with Crippen LogP contribution in [-0.2, 0) is 6.61 Å². The number of aliphatic hydroxyl groups excluding tert-OH is 1. The summed E-state index contributed by atoms with van der Waals surface area (Å²) in [6.07, 6.45) is 0. The fourth-order valence-corrected chi connectivity index (χ4v) is 1.84. The maximum absolute atomic E-state index is 10.7. The first kappa shape index (κ1) is 14.0. The Bertz CT molecular complexity index is 652. The van der Waals surface area contributed by atoms with E-state index in [0.29, 0.717) is 17.1 Å². The Morgan fingerprint density at radius 3 is 2.55 bits per heavy atom. The van der Waals surface area contributed by atoms with Gasteiger partial charge in [0.15, 0.2) is 0 Å². The molecule has 0 bridgehead atoms. The van der Waals surface area contributed by atoms with Crippen molar-refractivity contribution in [3.63, 3.8) is 0 Å². The van der Waals surface area contributed by atoms with E-state index in [1.54, 1.807) is 0 Å². The second-order valence-electron chi connectivity index (χ2n) is 4.58. The van der Waals surface area contributed by atoms with Crippen molar-refractivity contribution in [1.82, 2.24) is 0 Å². The molecule has 0 saturated heterocycles. The van der Waals surface area contributed by atoms with Gasteiger partial charge >= 0.3 is 0 Å². The van der Waals surface area contributed by atoms with Crippen LogP contribution in [0.5, 0.6) is 11.5 Å². The van der Waals surface area contributed by atoms with Crippen molar-refractivity contribution in [2.75, 3.05) is 0 Å². The van der Waals surface area contributed by atoms with Gasteiger partial charge in [-0.3, -0.25) is 10.1 Å². The zero-order valence-corrected chi connectivity index (χ0v) is 11.3. The largest absolute Gasteiger partial charge is 0.457 e. The van der Waals surface area contributed by atoms with Crippen LogP contribution < -0.4 is 4.74 Å². The number of nitro benzene ring substituents is 1. The molecule has 5 heteroatoms. The minimum atomic E-state index is -0.499. The molecule has 0 atom stereocenters. The number of nitrogens with zero attached hydrogens (tertiary/aromatic N) is 1. The number of aliphatic hydroxyl groups is 1. The highest BCUT2D eigenvalue weighted by molar-refractivity contribution is 5.47. The van der Waals surface area contributed by atoms with E-state index in [1.807, 2.05) is 32.0 Å². The van der Waals surface area contributed by atoms with Crippen LogP contribution in [0.4, 0.5) is 5.69 Å². The Kier molecular flexibility index (Phi) is 4.00. The van der Waals surface area contributed by atoms with Gasteiger partial charge in [-0.25, -0.2) is 0 Å². The molecule has 0 radical (unpaired) electrons. The van der Waals surface area contributed by atoms with Gasteiger partial charge in [0.25, 0.3) is 5.69 Å². The average molecular weight is 273 g/mol. The van der Waals surface area contributed by atoms with E-state index in [0.717, 1.165) is 11.1 Å². The third-order valence-corrected chi connectivity index (χ3v) is 2.99. The van der Waals surface area contributed by atoms with E-state index in [9.17, 15) is 15.2 Å². The summed E-state index contributed by atoms with van der Waals surface area (Å²) in [7, 11) is 0. The van der Waals surface area contributed by atoms with E-state index in [2.05, 4.69) is 0 Å². The Labute approximate surface area is 116 Å². The number of non-ortho nitro benzene ring substituents is 1. The maximum Gasteiger partial charge on any atom is 0.270 e. The zero-order valence-electron chi connectivity index (χ0n) is 11.3. The Balaban J connectivity index is 2.38. The van der Waals surface area contributed by atoms with E-state index >= 15 is 0 Å². The molecule has 0 spiro atoms. The molecule has 2 rings (SSSR count). The summed E-state index contributed by atoms with van der Waals surface area (Å²) >= 11 is 0. The number of ether oxygens (including phenoxy) is 1. The van der Waals surface area contributed by atoms with Crippen LogP contribution in [0.3, 0.4) is 0 Å². The lowest BCUT2D eigenvalue weighted by atomic mass is 10.1. The van der Waals surface area contributed by atoms with Gasteiger partial charge in [0.2, 0.25) is 0 Å². The molecule has 0 aliphatic rings. The number of hydrogen-bond acceptors (Lipinski definition) is 4. The van der Waals surface area contributed by atoms with Gasteiger partial charge in [0.1, 0.15) is 11.5 Å². The van der Waals surface area contributed by atoms with Crippen molar-refractivity contribution < 1.29 is 14.8 Å². The lowest BCUT2D eigenvalue weighted by Gasteiger charge is -2.12. The third-order valence-electron chi connectivity index (χ3n) is 2.99. The van der Waals surface area contributed by atoms with Crippen LogP contribution in [0.2, 0.25) is 0 Å². The van der Waals surface area contributed by atoms with Crippen molar-refractivity contribution in [3.8, 4) is 11.5 Å². The van der Waals surface area contributed by atoms with Crippen LogP contribution in [0.1, 0.15) is 16.7 Å². The fraction of sp³-hybridized carbons (Fsp3) is 0.200. The summed E-state index contributed by atoms with van der Waals surface area (Å²) in [4.78, 5) is 10.2. The molecule has 104 valence electrons. The maximum atomic E-state index is 10.7. The SMILES string of the molecule is Cc1ccc(C)c(Oc2ccc([N+](=O)[O-])cc2CO)c1. The monoisotopic (exact) mass is 273 g/mol. The molecule has 20 heavy (non-hydrogen) atoms. The molecular weight excluding hydrogens is 258 g/mol. The van der Waals surface area contributed by atoms with Gasteiger partial charge in [-0.2, -0.15) is 0 Å². The van der Waals surface area contributed by atoms with Crippen LogP contribution in [0.25, 0.3) is 0 Å². The molecule has 0 aliphatic heterocycles. The van der Waals surface area contributed by atoms with Gasteiger partial charge in [-0.15, -0.1) is 0 Å². The summed E-state index contributed by atoms with van der Waals surface area (Å²) < 4.78 is 5.76. The normalized spacial score (nSPS) is 10.3. The number of nitro groups is 1. The molecule has 5 nitrogen and oxygen atoms in total. The smallest absolute Gasteiger partial charge is 0.270 e. The van der Waals surface area contributed by atoms with Crippen LogP contribution in [-0.4, -0.2) is 10.0 Å². The zero-order chi connectivity index (χ0) is 14.7. The predicted molar refractivity (Wildman–Crippen MR) is 75.0 cm³/mol. The van der Waals surface area contributed by atoms with Crippen LogP contribution in [0.15, 0.2) is 36.4 Å². The number of aryl methyl sites for hydroxylation is 2. The summed E-state index contributed by atoms with van der Waals surface area (Å²) in [5, 5.41) is 20.0. The number of benzene rings is 2. The Hall–Kier alpha value is -2.40. The predicted octanol–water partition coefficient (Wildman–Crippen LogP) is 3.50. The van der Waals surface area contributed by atoms with Gasteiger partial charge in [-0.1, -0.05) is 12.1 Å². The number of rotatable bonds is 4. The van der Waals surface area contributed by atoms with Crippen molar-refractivity contribution >= 4 is 5.69 Å². The van der Waals surface area contributed by atoms with Crippen LogP contribution in [0, 0.1) is 24.0 Å². The van der Waals surface area contributed by atoms with E-state index in [4.69, 9.17) is 4.74 Å². The third kappa shape index (κ3) is 2.95. The molecular formula is C15H15NO4. The topological polar surface area (TPSA) is 72.6 Å². The van der Waals surface area contributed by atoms with E-state index in [-0.39, 0.29) is 12.3 Å². The van der Waals surface area contributed by atoms with E-state index in [1.165, 1.54) is 18.2 Å². The molecule has 0 aromatic heterocycles. The van der Waals surface area contributed by atoms with Gasteiger partial charge in [0, 0.05) is 17.7 Å². The summed E-state index contributed by atoms with van der Waals surface area (Å²) in [6, 6.07) is 9.99. The van der Waals surface area contributed by atoms with Crippen LogP contribution >= 0.6 is 0 Å². The van der Waals surface area contributed by atoms with Gasteiger partial charge in [0.05, 0.1) is 11.5 Å². The summed E-state index contributed by atoms with van der Waals surface area (Å²) in [5.41, 5.74) is 2.33. The summed E-state index contributed by atoms with van der Waals surface area (Å²) in [6.45, 7) is 3.55. The molecule has 0 heterocycles. The minimum Gasteiger partial charge on any atom is -0.457 e. The molecule has 0 unspecified atom stereocenters. The minimum absolute atomic E-state index is 0.0673. The summed E-state index contributed by atoms with van der Waals surface area (Å²) in [5.74, 6) is 1.10. The molecule has 0 amide bonds. The number of hydrogen-bond donors (Lipinski definition) is 1. The van der Waals surface area contributed by atoms with Gasteiger partial charge < -0.3 is 9.84 Å².